The van der Waals surface area contributed by atoms with Crippen molar-refractivity contribution in [2.45, 2.75) is 27.2 Å². The number of aryl methyl sites for hydroxylation is 1. The van der Waals surface area contributed by atoms with Crippen LogP contribution in [0.25, 0.3) is 0 Å². The van der Waals surface area contributed by atoms with Crippen molar-refractivity contribution >= 4 is 17.5 Å². The molecule has 1 aliphatic heterocycles. The van der Waals surface area contributed by atoms with Gasteiger partial charge in [0.2, 0.25) is 11.8 Å². The van der Waals surface area contributed by atoms with E-state index in [-0.39, 0.29) is 11.8 Å². The fraction of sp³-hybridized carbons (Fsp3) is 0.500. The van der Waals surface area contributed by atoms with Crippen LogP contribution in [0.2, 0.25) is 0 Å². The van der Waals surface area contributed by atoms with Crippen LogP contribution in [-0.2, 0) is 9.59 Å². The number of carbonyl (C=O) groups is 2. The molecule has 0 bridgehead atoms. The zero-order valence-corrected chi connectivity index (χ0v) is 15.6. The largest absolute Gasteiger partial charge is 0.368 e. The van der Waals surface area contributed by atoms with E-state index in [1.807, 2.05) is 4.90 Å². The predicted molar refractivity (Wildman–Crippen MR) is 102 cm³/mol. The van der Waals surface area contributed by atoms with Crippen LogP contribution < -0.4 is 4.90 Å². The summed E-state index contributed by atoms with van der Waals surface area (Å²) in [7, 11) is 0. The number of benzene rings is 1. The molecule has 5 heteroatoms. The lowest BCUT2D eigenvalue weighted by Gasteiger charge is -2.37. The summed E-state index contributed by atoms with van der Waals surface area (Å²) in [4.78, 5) is 29.9. The fourth-order valence-corrected chi connectivity index (χ4v) is 3.20. The Hall–Kier alpha value is -2.30. The van der Waals surface area contributed by atoms with Gasteiger partial charge in [-0.1, -0.05) is 18.2 Å². The van der Waals surface area contributed by atoms with Crippen LogP contribution in [0.4, 0.5) is 5.69 Å². The molecule has 136 valence electrons. The van der Waals surface area contributed by atoms with Crippen molar-refractivity contribution in [2.24, 2.45) is 0 Å². The first-order valence-electron chi connectivity index (χ1n) is 8.89. The quantitative estimate of drug-likeness (QED) is 0.745. The number of nitrogens with zero attached hydrogens (tertiary/aromatic N) is 3. The minimum atomic E-state index is -0.0209. The van der Waals surface area contributed by atoms with E-state index in [9.17, 15) is 9.59 Å². The maximum atomic E-state index is 12.4. The molecule has 0 unspecified atom stereocenters. The molecule has 0 radical (unpaired) electrons. The molecule has 1 aliphatic rings. The lowest BCUT2D eigenvalue weighted by atomic mass is 10.1. The molecule has 2 rings (SSSR count). The van der Waals surface area contributed by atoms with Crippen molar-refractivity contribution in [1.82, 2.24) is 9.80 Å². The standard InChI is InChI=1S/C20H29N3O2/c1-5-10-21(18(4)24)11-9-20(25)23-14-12-22(13-15-23)19-8-6-7-16(2)17(19)3/h5-8H,1,9-15H2,2-4H3. The first-order valence-corrected chi connectivity index (χ1v) is 8.89. The van der Waals surface area contributed by atoms with Crippen molar-refractivity contribution in [1.29, 1.82) is 0 Å². The van der Waals surface area contributed by atoms with Gasteiger partial charge in [0.25, 0.3) is 0 Å². The Kier molecular flexibility index (Phi) is 6.62. The van der Waals surface area contributed by atoms with Gasteiger partial charge in [0.1, 0.15) is 0 Å². The van der Waals surface area contributed by atoms with E-state index in [4.69, 9.17) is 0 Å². The van der Waals surface area contributed by atoms with Crippen molar-refractivity contribution in [3.63, 3.8) is 0 Å². The molecule has 0 saturated carbocycles. The number of amides is 2. The number of hydrogen-bond acceptors (Lipinski definition) is 3. The summed E-state index contributed by atoms with van der Waals surface area (Å²) in [5.41, 5.74) is 3.87. The van der Waals surface area contributed by atoms with Gasteiger partial charge in [-0.3, -0.25) is 9.59 Å². The molecule has 0 aromatic heterocycles. The summed E-state index contributed by atoms with van der Waals surface area (Å²) in [6.07, 6.45) is 2.06. The molecule has 0 aliphatic carbocycles. The normalized spacial score (nSPS) is 14.4. The summed E-state index contributed by atoms with van der Waals surface area (Å²) in [6.45, 7) is 13.6. The van der Waals surface area contributed by atoms with Crippen molar-refractivity contribution in [2.75, 3.05) is 44.2 Å². The van der Waals surface area contributed by atoms with Crippen LogP contribution in [0, 0.1) is 13.8 Å². The highest BCUT2D eigenvalue weighted by molar-refractivity contribution is 5.78. The van der Waals surface area contributed by atoms with E-state index in [1.165, 1.54) is 23.7 Å². The lowest BCUT2D eigenvalue weighted by Crippen LogP contribution is -2.49. The highest BCUT2D eigenvalue weighted by Gasteiger charge is 2.22. The third-order valence-electron chi connectivity index (χ3n) is 4.94. The Labute approximate surface area is 150 Å². The van der Waals surface area contributed by atoms with Gasteiger partial charge >= 0.3 is 0 Å². The molecule has 1 heterocycles. The van der Waals surface area contributed by atoms with Crippen LogP contribution in [0.1, 0.15) is 24.5 Å². The van der Waals surface area contributed by atoms with Crippen LogP contribution in [0.5, 0.6) is 0 Å². The molecule has 1 fully saturated rings. The zero-order chi connectivity index (χ0) is 18.4. The number of hydrogen-bond donors (Lipinski definition) is 0. The Balaban J connectivity index is 1.87. The number of piperazine rings is 1. The molecule has 1 aromatic rings. The van der Waals surface area contributed by atoms with E-state index in [1.54, 1.807) is 11.0 Å². The third kappa shape index (κ3) is 4.84. The predicted octanol–water partition coefficient (Wildman–Crippen LogP) is 2.38. The monoisotopic (exact) mass is 343 g/mol. The second-order valence-corrected chi connectivity index (χ2v) is 6.59. The molecule has 2 amide bonds. The Morgan fingerprint density at radius 2 is 1.88 bits per heavy atom. The van der Waals surface area contributed by atoms with Crippen molar-refractivity contribution < 1.29 is 9.59 Å². The van der Waals surface area contributed by atoms with Gasteiger partial charge in [0, 0.05) is 58.3 Å². The van der Waals surface area contributed by atoms with Crippen LogP contribution in [-0.4, -0.2) is 60.9 Å². The highest BCUT2D eigenvalue weighted by atomic mass is 16.2. The summed E-state index contributed by atoms with van der Waals surface area (Å²) >= 11 is 0. The fourth-order valence-electron chi connectivity index (χ4n) is 3.20. The number of rotatable bonds is 6. The lowest BCUT2D eigenvalue weighted by molar-refractivity contribution is -0.133. The van der Waals surface area contributed by atoms with Gasteiger partial charge in [-0.25, -0.2) is 0 Å². The van der Waals surface area contributed by atoms with Gasteiger partial charge in [0.15, 0.2) is 0 Å². The van der Waals surface area contributed by atoms with E-state index < -0.39 is 0 Å². The molecule has 0 atom stereocenters. The molecule has 5 nitrogen and oxygen atoms in total. The second kappa shape index (κ2) is 8.70. The first-order chi connectivity index (χ1) is 11.9. The Bertz CT molecular complexity index is 634. The maximum absolute atomic E-state index is 12.4. The molecular formula is C20H29N3O2. The molecule has 1 aromatic carbocycles. The molecule has 25 heavy (non-hydrogen) atoms. The van der Waals surface area contributed by atoms with Crippen LogP contribution in [0.3, 0.4) is 0 Å². The second-order valence-electron chi connectivity index (χ2n) is 6.59. The molecule has 1 saturated heterocycles. The number of anilines is 1. The van der Waals surface area contributed by atoms with Gasteiger partial charge < -0.3 is 14.7 Å². The average Bonchev–Trinajstić information content (AvgIpc) is 2.60. The van der Waals surface area contributed by atoms with Crippen molar-refractivity contribution in [3.8, 4) is 0 Å². The summed E-state index contributed by atoms with van der Waals surface area (Å²) in [5.74, 6) is 0.100. The van der Waals surface area contributed by atoms with E-state index in [0.29, 0.717) is 19.5 Å². The summed E-state index contributed by atoms with van der Waals surface area (Å²) in [5, 5.41) is 0. The van der Waals surface area contributed by atoms with Crippen LogP contribution >= 0.6 is 0 Å². The van der Waals surface area contributed by atoms with Gasteiger partial charge in [-0.15, -0.1) is 6.58 Å². The van der Waals surface area contributed by atoms with E-state index in [0.717, 1.165) is 26.2 Å². The Morgan fingerprint density at radius 3 is 2.48 bits per heavy atom. The minimum absolute atomic E-state index is 0.0209. The van der Waals surface area contributed by atoms with E-state index >= 15 is 0 Å². The van der Waals surface area contributed by atoms with Gasteiger partial charge in [0.05, 0.1) is 0 Å². The Morgan fingerprint density at radius 1 is 1.20 bits per heavy atom. The maximum Gasteiger partial charge on any atom is 0.224 e. The molecule has 0 spiro atoms. The molecule has 0 N–H and O–H groups in total. The van der Waals surface area contributed by atoms with Crippen LogP contribution in [0.15, 0.2) is 30.9 Å². The highest BCUT2D eigenvalue weighted by Crippen LogP contribution is 2.23. The summed E-state index contributed by atoms with van der Waals surface area (Å²) in [6, 6.07) is 6.37. The van der Waals surface area contributed by atoms with E-state index in [2.05, 4.69) is 43.5 Å². The number of carbonyl (C=O) groups excluding carboxylic acids is 2. The topological polar surface area (TPSA) is 43.9 Å². The zero-order valence-electron chi connectivity index (χ0n) is 15.6. The third-order valence-corrected chi connectivity index (χ3v) is 4.94. The minimum Gasteiger partial charge on any atom is -0.368 e. The van der Waals surface area contributed by atoms with Gasteiger partial charge in [-0.05, 0) is 31.0 Å². The smallest absolute Gasteiger partial charge is 0.224 e. The first kappa shape index (κ1) is 19.0. The average molecular weight is 343 g/mol. The summed E-state index contributed by atoms with van der Waals surface area (Å²) < 4.78 is 0. The van der Waals surface area contributed by atoms with Gasteiger partial charge in [-0.2, -0.15) is 0 Å². The molecular weight excluding hydrogens is 314 g/mol. The SMILES string of the molecule is C=CCN(CCC(=O)N1CCN(c2cccc(C)c2C)CC1)C(C)=O. The van der Waals surface area contributed by atoms with Crippen molar-refractivity contribution in [3.05, 3.63) is 42.0 Å².